The predicted octanol–water partition coefficient (Wildman–Crippen LogP) is 0.268. The molecular formula is C13H25N3O3. The first-order valence-corrected chi connectivity index (χ1v) is 7.24. The van der Waals surface area contributed by atoms with Crippen molar-refractivity contribution in [3.05, 3.63) is 0 Å². The zero-order valence-corrected chi connectivity index (χ0v) is 11.6. The zero-order valence-electron chi connectivity index (χ0n) is 11.6. The lowest BCUT2D eigenvalue weighted by molar-refractivity contribution is 0.00440. The molecule has 110 valence electrons. The van der Waals surface area contributed by atoms with Gasteiger partial charge in [0, 0.05) is 32.8 Å². The Morgan fingerprint density at radius 3 is 2.42 bits per heavy atom. The number of amides is 2. The number of hydrogen-bond donors (Lipinski definition) is 1. The number of rotatable bonds is 4. The van der Waals surface area contributed by atoms with E-state index in [0.29, 0.717) is 39.0 Å². The summed E-state index contributed by atoms with van der Waals surface area (Å²) in [6.45, 7) is 5.74. The van der Waals surface area contributed by atoms with E-state index in [1.165, 1.54) is 0 Å². The molecule has 0 radical (unpaired) electrons. The molecule has 0 aromatic heterocycles. The van der Waals surface area contributed by atoms with Gasteiger partial charge in [0.25, 0.3) is 0 Å². The van der Waals surface area contributed by atoms with Crippen molar-refractivity contribution >= 4 is 6.03 Å². The molecule has 2 amide bonds. The van der Waals surface area contributed by atoms with Gasteiger partial charge in [-0.25, -0.2) is 4.79 Å². The maximum absolute atomic E-state index is 12.3. The van der Waals surface area contributed by atoms with Gasteiger partial charge in [0.2, 0.25) is 0 Å². The molecule has 2 fully saturated rings. The third kappa shape index (κ3) is 4.33. The number of nitrogens with zero attached hydrogens (tertiary/aromatic N) is 2. The van der Waals surface area contributed by atoms with Crippen LogP contribution in [-0.2, 0) is 9.47 Å². The van der Waals surface area contributed by atoms with Gasteiger partial charge in [-0.3, -0.25) is 0 Å². The van der Waals surface area contributed by atoms with Crippen LogP contribution in [-0.4, -0.2) is 74.5 Å². The summed E-state index contributed by atoms with van der Waals surface area (Å²) < 4.78 is 11.0. The van der Waals surface area contributed by atoms with Crippen molar-refractivity contribution in [2.75, 3.05) is 52.5 Å². The van der Waals surface area contributed by atoms with Crippen LogP contribution < -0.4 is 5.73 Å². The fourth-order valence-electron chi connectivity index (χ4n) is 2.50. The van der Waals surface area contributed by atoms with Crippen molar-refractivity contribution in [1.82, 2.24) is 9.80 Å². The van der Waals surface area contributed by atoms with Crippen molar-refractivity contribution in [3.8, 4) is 0 Å². The largest absolute Gasteiger partial charge is 0.378 e. The molecule has 6 nitrogen and oxygen atoms in total. The third-order valence-electron chi connectivity index (χ3n) is 3.70. The van der Waals surface area contributed by atoms with Crippen LogP contribution >= 0.6 is 0 Å². The first-order chi connectivity index (χ1) is 9.31. The number of morpholine rings is 1. The molecule has 0 bridgehead atoms. The summed E-state index contributed by atoms with van der Waals surface area (Å²) in [5, 5.41) is 0. The minimum absolute atomic E-state index is 0.156. The lowest BCUT2D eigenvalue weighted by atomic mass is 10.1. The second-order valence-corrected chi connectivity index (χ2v) is 5.08. The van der Waals surface area contributed by atoms with Crippen molar-refractivity contribution in [1.29, 1.82) is 0 Å². The van der Waals surface area contributed by atoms with Crippen LogP contribution in [0.5, 0.6) is 0 Å². The van der Waals surface area contributed by atoms with Gasteiger partial charge in [0.05, 0.1) is 19.3 Å². The van der Waals surface area contributed by atoms with Crippen molar-refractivity contribution in [2.24, 2.45) is 5.73 Å². The van der Waals surface area contributed by atoms with E-state index in [4.69, 9.17) is 15.2 Å². The van der Waals surface area contributed by atoms with Crippen LogP contribution in [0.25, 0.3) is 0 Å². The summed E-state index contributed by atoms with van der Waals surface area (Å²) in [5.74, 6) is 0. The van der Waals surface area contributed by atoms with Crippen LogP contribution in [0.4, 0.5) is 4.79 Å². The van der Waals surface area contributed by atoms with Crippen LogP contribution in [0, 0.1) is 0 Å². The lowest BCUT2D eigenvalue weighted by Gasteiger charge is -2.37. The Labute approximate surface area is 114 Å². The standard InChI is InChI=1S/C13H25N3O3/c14-4-1-9-19-12-2-5-15(6-3-12)13(17)16-7-10-18-11-8-16/h12H,1-11,14H2. The van der Waals surface area contributed by atoms with Crippen LogP contribution in [0.1, 0.15) is 19.3 Å². The van der Waals surface area contributed by atoms with Crippen molar-refractivity contribution < 1.29 is 14.3 Å². The Bertz CT molecular complexity index is 274. The number of urea groups is 1. The molecule has 2 rings (SSSR count). The third-order valence-corrected chi connectivity index (χ3v) is 3.70. The van der Waals surface area contributed by atoms with Gasteiger partial charge in [-0.1, -0.05) is 0 Å². The van der Waals surface area contributed by atoms with E-state index in [-0.39, 0.29) is 6.03 Å². The molecule has 0 spiro atoms. The smallest absolute Gasteiger partial charge is 0.320 e. The second-order valence-electron chi connectivity index (χ2n) is 5.08. The molecule has 0 saturated carbocycles. The first-order valence-electron chi connectivity index (χ1n) is 7.24. The molecule has 2 aliphatic rings. The number of hydrogen-bond acceptors (Lipinski definition) is 4. The minimum atomic E-state index is 0.156. The summed E-state index contributed by atoms with van der Waals surface area (Å²) in [6, 6.07) is 0.156. The molecule has 0 unspecified atom stereocenters. The number of ether oxygens (including phenoxy) is 2. The van der Waals surface area contributed by atoms with Gasteiger partial charge in [0.1, 0.15) is 0 Å². The quantitative estimate of drug-likeness (QED) is 0.745. The molecule has 0 aromatic rings. The summed E-state index contributed by atoms with van der Waals surface area (Å²) in [6.07, 6.45) is 3.06. The minimum Gasteiger partial charge on any atom is -0.378 e. The molecule has 6 heteroatoms. The van der Waals surface area contributed by atoms with Crippen LogP contribution in [0.15, 0.2) is 0 Å². The maximum atomic E-state index is 12.3. The molecular weight excluding hydrogens is 246 g/mol. The molecule has 0 aromatic carbocycles. The highest BCUT2D eigenvalue weighted by Crippen LogP contribution is 2.16. The van der Waals surface area contributed by atoms with E-state index in [9.17, 15) is 4.79 Å². The van der Waals surface area contributed by atoms with E-state index >= 15 is 0 Å². The summed E-state index contributed by atoms with van der Waals surface area (Å²) >= 11 is 0. The van der Waals surface area contributed by atoms with Gasteiger partial charge in [-0.2, -0.15) is 0 Å². The molecule has 0 aliphatic carbocycles. The monoisotopic (exact) mass is 271 g/mol. The highest BCUT2D eigenvalue weighted by atomic mass is 16.5. The zero-order chi connectivity index (χ0) is 13.5. The Hall–Kier alpha value is -0.850. The Kier molecular flexibility index (Phi) is 5.88. The number of piperidine rings is 1. The second kappa shape index (κ2) is 7.67. The average Bonchev–Trinajstić information content (AvgIpc) is 2.48. The molecule has 19 heavy (non-hydrogen) atoms. The van der Waals surface area contributed by atoms with Gasteiger partial charge in [-0.15, -0.1) is 0 Å². The SMILES string of the molecule is NCCCOC1CCN(C(=O)N2CCOCC2)CC1. The summed E-state index contributed by atoms with van der Waals surface area (Å²) in [4.78, 5) is 16.1. The molecule has 2 N–H and O–H groups in total. The lowest BCUT2D eigenvalue weighted by Crippen LogP contribution is -2.51. The number of carbonyl (C=O) groups is 1. The topological polar surface area (TPSA) is 68.0 Å². The Morgan fingerprint density at radius 1 is 1.16 bits per heavy atom. The van der Waals surface area contributed by atoms with Gasteiger partial charge in [-0.05, 0) is 25.8 Å². The number of carbonyl (C=O) groups excluding carboxylic acids is 1. The van der Waals surface area contributed by atoms with E-state index in [1.807, 2.05) is 9.80 Å². The Morgan fingerprint density at radius 2 is 1.79 bits per heavy atom. The highest BCUT2D eigenvalue weighted by molar-refractivity contribution is 5.74. The van der Waals surface area contributed by atoms with Crippen molar-refractivity contribution in [3.63, 3.8) is 0 Å². The fraction of sp³-hybridized carbons (Fsp3) is 0.923. The van der Waals surface area contributed by atoms with Gasteiger partial charge >= 0.3 is 6.03 Å². The highest BCUT2D eigenvalue weighted by Gasteiger charge is 2.27. The molecule has 0 atom stereocenters. The van der Waals surface area contributed by atoms with E-state index in [2.05, 4.69) is 0 Å². The average molecular weight is 271 g/mol. The van der Waals surface area contributed by atoms with E-state index < -0.39 is 0 Å². The molecule has 2 heterocycles. The summed E-state index contributed by atoms with van der Waals surface area (Å²) in [5.41, 5.74) is 5.44. The van der Waals surface area contributed by atoms with E-state index in [1.54, 1.807) is 0 Å². The van der Waals surface area contributed by atoms with Crippen molar-refractivity contribution in [2.45, 2.75) is 25.4 Å². The first kappa shape index (κ1) is 14.6. The molecule has 2 aliphatic heterocycles. The van der Waals surface area contributed by atoms with Crippen LogP contribution in [0.3, 0.4) is 0 Å². The molecule has 2 saturated heterocycles. The number of nitrogens with two attached hydrogens (primary N) is 1. The van der Waals surface area contributed by atoms with Gasteiger partial charge < -0.3 is 25.0 Å². The Balaban J connectivity index is 1.68. The normalized spacial score (nSPS) is 21.7. The maximum Gasteiger partial charge on any atom is 0.320 e. The summed E-state index contributed by atoms with van der Waals surface area (Å²) in [7, 11) is 0. The van der Waals surface area contributed by atoms with Gasteiger partial charge in [0.15, 0.2) is 0 Å². The van der Waals surface area contributed by atoms with E-state index in [0.717, 1.165) is 39.0 Å². The number of likely N-dealkylation sites (tertiary alicyclic amines) is 1. The predicted molar refractivity (Wildman–Crippen MR) is 72.0 cm³/mol. The van der Waals surface area contributed by atoms with Crippen LogP contribution in [0.2, 0.25) is 0 Å². The fourth-order valence-corrected chi connectivity index (χ4v) is 2.50.